The van der Waals surface area contributed by atoms with Crippen LogP contribution in [0.2, 0.25) is 0 Å². The summed E-state index contributed by atoms with van der Waals surface area (Å²) in [5.74, 6) is 0.693. The van der Waals surface area contributed by atoms with Gasteiger partial charge in [-0.05, 0) is 37.1 Å². The molecular weight excluding hydrogens is 288 g/mol. The molecule has 4 rings (SSSR count). The highest BCUT2D eigenvalue weighted by Crippen LogP contribution is 2.39. The number of benzene rings is 2. The van der Waals surface area contributed by atoms with Crippen molar-refractivity contribution in [3.63, 3.8) is 0 Å². The van der Waals surface area contributed by atoms with Crippen LogP contribution in [0.25, 0.3) is 10.9 Å². The van der Waals surface area contributed by atoms with Gasteiger partial charge in [-0.2, -0.15) is 0 Å². The molecule has 0 fully saturated rings. The standard InChI is InChI=1S/C19H18N2O2/c1-12-5-3-6-13(11-12)21-10-9-15-18(21)14-7-4-8-16(23-2)17(14)20-19(15)22/h3-8,11H,9-10H2,1-2H3,(H,20,22). The second-order valence-corrected chi connectivity index (χ2v) is 5.90. The number of para-hydroxylation sites is 1. The van der Waals surface area contributed by atoms with E-state index in [4.69, 9.17) is 4.74 Å². The zero-order valence-corrected chi connectivity index (χ0v) is 13.2. The molecule has 1 aliphatic heterocycles. The van der Waals surface area contributed by atoms with Gasteiger partial charge in [-0.1, -0.05) is 24.3 Å². The van der Waals surface area contributed by atoms with Crippen LogP contribution in [0.5, 0.6) is 5.75 Å². The second kappa shape index (κ2) is 5.16. The van der Waals surface area contributed by atoms with E-state index in [9.17, 15) is 4.79 Å². The van der Waals surface area contributed by atoms with Gasteiger partial charge in [0, 0.05) is 23.2 Å². The third-order valence-corrected chi connectivity index (χ3v) is 4.47. The van der Waals surface area contributed by atoms with Gasteiger partial charge >= 0.3 is 0 Å². The molecule has 0 bridgehead atoms. The largest absolute Gasteiger partial charge is 0.495 e. The highest BCUT2D eigenvalue weighted by atomic mass is 16.5. The highest BCUT2D eigenvalue weighted by molar-refractivity contribution is 5.99. The smallest absolute Gasteiger partial charge is 0.253 e. The van der Waals surface area contributed by atoms with Crippen LogP contribution in [0, 0.1) is 6.92 Å². The van der Waals surface area contributed by atoms with E-state index in [1.54, 1.807) is 7.11 Å². The Hall–Kier alpha value is -2.75. The van der Waals surface area contributed by atoms with Crippen molar-refractivity contribution in [2.24, 2.45) is 0 Å². The Morgan fingerprint density at radius 1 is 1.17 bits per heavy atom. The summed E-state index contributed by atoms with van der Waals surface area (Å²) in [6.45, 7) is 2.90. The number of aryl methyl sites for hydroxylation is 1. The average molecular weight is 306 g/mol. The fraction of sp³-hybridized carbons (Fsp3) is 0.211. The van der Waals surface area contributed by atoms with Crippen LogP contribution < -0.4 is 15.2 Å². The van der Waals surface area contributed by atoms with Gasteiger partial charge in [-0.15, -0.1) is 0 Å². The lowest BCUT2D eigenvalue weighted by atomic mass is 10.1. The van der Waals surface area contributed by atoms with Crippen molar-refractivity contribution in [1.82, 2.24) is 4.98 Å². The van der Waals surface area contributed by atoms with Crippen LogP contribution in [-0.4, -0.2) is 18.6 Å². The lowest BCUT2D eigenvalue weighted by molar-refractivity contribution is 0.419. The zero-order chi connectivity index (χ0) is 16.0. The van der Waals surface area contributed by atoms with Crippen molar-refractivity contribution in [3.05, 3.63) is 63.9 Å². The predicted molar refractivity (Wildman–Crippen MR) is 93.0 cm³/mol. The molecule has 0 saturated carbocycles. The molecule has 1 aromatic heterocycles. The van der Waals surface area contributed by atoms with Crippen LogP contribution >= 0.6 is 0 Å². The number of hydrogen-bond acceptors (Lipinski definition) is 3. The molecule has 0 spiro atoms. The maximum Gasteiger partial charge on any atom is 0.253 e. The number of methoxy groups -OCH3 is 1. The molecule has 0 unspecified atom stereocenters. The lowest BCUT2D eigenvalue weighted by Gasteiger charge is -2.22. The number of hydrogen-bond donors (Lipinski definition) is 1. The number of nitrogens with one attached hydrogen (secondary N) is 1. The molecule has 1 N–H and O–H groups in total. The topological polar surface area (TPSA) is 45.3 Å². The number of aromatic amines is 1. The zero-order valence-electron chi connectivity index (χ0n) is 13.2. The molecule has 2 aromatic carbocycles. The van der Waals surface area contributed by atoms with E-state index in [1.807, 2.05) is 18.2 Å². The molecule has 4 nitrogen and oxygen atoms in total. The number of nitrogens with zero attached hydrogens (tertiary/aromatic N) is 1. The van der Waals surface area contributed by atoms with Gasteiger partial charge in [0.05, 0.1) is 18.3 Å². The third-order valence-electron chi connectivity index (χ3n) is 4.47. The first-order valence-corrected chi connectivity index (χ1v) is 7.75. The molecule has 23 heavy (non-hydrogen) atoms. The summed E-state index contributed by atoms with van der Waals surface area (Å²) in [6, 6.07) is 14.3. The van der Waals surface area contributed by atoms with E-state index < -0.39 is 0 Å². The molecular formula is C19H18N2O2. The van der Waals surface area contributed by atoms with Crippen LogP contribution in [0.15, 0.2) is 47.3 Å². The van der Waals surface area contributed by atoms with Crippen LogP contribution in [-0.2, 0) is 6.42 Å². The number of anilines is 2. The normalized spacial score (nSPS) is 13.4. The Balaban J connectivity index is 2.02. The molecule has 3 aromatic rings. The Morgan fingerprint density at radius 3 is 2.78 bits per heavy atom. The first-order chi connectivity index (χ1) is 11.2. The van der Waals surface area contributed by atoms with Gasteiger partial charge in [0.15, 0.2) is 0 Å². The number of pyridine rings is 1. The summed E-state index contributed by atoms with van der Waals surface area (Å²) >= 11 is 0. The molecule has 0 aliphatic carbocycles. The highest BCUT2D eigenvalue weighted by Gasteiger charge is 2.26. The van der Waals surface area contributed by atoms with E-state index in [0.29, 0.717) is 5.75 Å². The summed E-state index contributed by atoms with van der Waals surface area (Å²) < 4.78 is 5.41. The minimum atomic E-state index is -0.0212. The molecule has 2 heterocycles. The van der Waals surface area contributed by atoms with Crippen LogP contribution in [0.3, 0.4) is 0 Å². The van der Waals surface area contributed by atoms with Gasteiger partial charge in [0.1, 0.15) is 5.75 Å². The van der Waals surface area contributed by atoms with E-state index >= 15 is 0 Å². The van der Waals surface area contributed by atoms with Crippen molar-refractivity contribution in [2.45, 2.75) is 13.3 Å². The van der Waals surface area contributed by atoms with Crippen molar-refractivity contribution >= 4 is 22.3 Å². The summed E-state index contributed by atoms with van der Waals surface area (Å²) in [4.78, 5) is 17.7. The van der Waals surface area contributed by atoms with Crippen LogP contribution in [0.1, 0.15) is 11.1 Å². The maximum atomic E-state index is 12.5. The number of rotatable bonds is 2. The molecule has 0 saturated heterocycles. The number of aromatic nitrogens is 1. The minimum Gasteiger partial charge on any atom is -0.495 e. The second-order valence-electron chi connectivity index (χ2n) is 5.90. The predicted octanol–water partition coefficient (Wildman–Crippen LogP) is 3.54. The van der Waals surface area contributed by atoms with E-state index in [1.165, 1.54) is 5.56 Å². The summed E-state index contributed by atoms with van der Waals surface area (Å²) in [5.41, 5.74) is 4.94. The van der Waals surface area contributed by atoms with E-state index in [0.717, 1.165) is 40.8 Å². The molecule has 4 heteroatoms. The fourth-order valence-electron chi connectivity index (χ4n) is 3.42. The van der Waals surface area contributed by atoms with Crippen LogP contribution in [0.4, 0.5) is 11.4 Å². The summed E-state index contributed by atoms with van der Waals surface area (Å²) in [5, 5.41) is 1.03. The Kier molecular flexibility index (Phi) is 3.11. The monoisotopic (exact) mass is 306 g/mol. The van der Waals surface area contributed by atoms with Gasteiger partial charge in [-0.25, -0.2) is 0 Å². The fourth-order valence-corrected chi connectivity index (χ4v) is 3.42. The summed E-state index contributed by atoms with van der Waals surface area (Å²) in [6.07, 6.45) is 0.756. The lowest BCUT2D eigenvalue weighted by Crippen LogP contribution is -2.15. The number of fused-ring (bicyclic) bond motifs is 3. The molecule has 0 atom stereocenters. The number of H-pyrrole nitrogens is 1. The van der Waals surface area contributed by atoms with Gasteiger partial charge < -0.3 is 14.6 Å². The number of ether oxygens (including phenoxy) is 1. The third kappa shape index (κ3) is 2.10. The molecule has 1 aliphatic rings. The maximum absolute atomic E-state index is 12.5. The van der Waals surface area contributed by atoms with E-state index in [2.05, 4.69) is 41.1 Å². The van der Waals surface area contributed by atoms with Crippen molar-refractivity contribution in [2.75, 3.05) is 18.6 Å². The molecule has 116 valence electrons. The quantitative estimate of drug-likeness (QED) is 0.787. The SMILES string of the molecule is COc1cccc2c3c(c(=O)[nH]c12)CCN3c1cccc(C)c1. The average Bonchev–Trinajstić information content (AvgIpc) is 3.00. The first kappa shape index (κ1) is 13.9. The van der Waals surface area contributed by atoms with Gasteiger partial charge in [0.25, 0.3) is 5.56 Å². The Morgan fingerprint density at radius 2 is 2.00 bits per heavy atom. The minimum absolute atomic E-state index is 0.0212. The van der Waals surface area contributed by atoms with Gasteiger partial charge in [0.2, 0.25) is 0 Å². The van der Waals surface area contributed by atoms with Crippen molar-refractivity contribution in [1.29, 1.82) is 0 Å². The van der Waals surface area contributed by atoms with Gasteiger partial charge in [-0.3, -0.25) is 4.79 Å². The Bertz CT molecular complexity index is 959. The first-order valence-electron chi connectivity index (χ1n) is 7.75. The Labute approximate surface area is 134 Å². The summed E-state index contributed by atoms with van der Waals surface area (Å²) in [7, 11) is 1.62. The van der Waals surface area contributed by atoms with Crippen molar-refractivity contribution < 1.29 is 4.74 Å². The van der Waals surface area contributed by atoms with E-state index in [-0.39, 0.29) is 5.56 Å². The molecule has 0 amide bonds. The van der Waals surface area contributed by atoms with Crippen molar-refractivity contribution in [3.8, 4) is 5.75 Å². The molecule has 0 radical (unpaired) electrons.